The van der Waals surface area contributed by atoms with E-state index in [0.717, 1.165) is 0 Å². The van der Waals surface area contributed by atoms with Gasteiger partial charge in [-0.15, -0.1) is 0 Å². The minimum Gasteiger partial charge on any atom is -0.497 e. The Morgan fingerprint density at radius 3 is 2.21 bits per heavy atom. The molecule has 0 atom stereocenters. The van der Waals surface area contributed by atoms with Crippen LogP contribution in [0.4, 0.5) is 4.39 Å². The predicted octanol–water partition coefficient (Wildman–Crippen LogP) is 5.12. The van der Waals surface area contributed by atoms with Crippen LogP contribution in [0.25, 0.3) is 11.6 Å². The zero-order chi connectivity index (χ0) is 19.9. The van der Waals surface area contributed by atoms with E-state index in [1.54, 1.807) is 79.9 Å². The molecule has 3 rings (SSSR count). The van der Waals surface area contributed by atoms with Gasteiger partial charge in [-0.3, -0.25) is 0 Å². The number of ether oxygens (including phenoxy) is 2. The summed E-state index contributed by atoms with van der Waals surface area (Å²) in [6.45, 7) is 0. The van der Waals surface area contributed by atoms with E-state index < -0.39 is 11.8 Å². The van der Waals surface area contributed by atoms with Crippen molar-refractivity contribution in [2.75, 3.05) is 7.11 Å². The lowest BCUT2D eigenvalue weighted by Gasteiger charge is -2.06. The van der Waals surface area contributed by atoms with Gasteiger partial charge in [-0.25, -0.2) is 9.18 Å². The Hall–Kier alpha value is -3.91. The minimum absolute atomic E-state index is 0.209. The molecule has 0 unspecified atom stereocenters. The molecule has 0 fully saturated rings. The fourth-order valence-corrected chi connectivity index (χ4v) is 2.54. The number of allylic oxidation sites excluding steroid dienone is 1. The van der Waals surface area contributed by atoms with Gasteiger partial charge in [0.05, 0.1) is 24.3 Å². The Morgan fingerprint density at radius 1 is 0.964 bits per heavy atom. The monoisotopic (exact) mass is 373 g/mol. The summed E-state index contributed by atoms with van der Waals surface area (Å²) in [5.41, 5.74) is 1.53. The molecule has 4 nitrogen and oxygen atoms in total. The van der Waals surface area contributed by atoms with E-state index in [4.69, 9.17) is 9.47 Å². The number of carbonyl (C=O) groups is 1. The zero-order valence-corrected chi connectivity index (χ0v) is 15.1. The quantitative estimate of drug-likeness (QED) is 0.270. The van der Waals surface area contributed by atoms with Crippen molar-refractivity contribution in [3.63, 3.8) is 0 Å². The smallest absolute Gasteiger partial charge is 0.343 e. The van der Waals surface area contributed by atoms with E-state index >= 15 is 0 Å². The van der Waals surface area contributed by atoms with Gasteiger partial charge < -0.3 is 9.47 Å². The molecule has 0 aliphatic heterocycles. The number of methoxy groups -OCH3 is 1. The van der Waals surface area contributed by atoms with Gasteiger partial charge in [0.2, 0.25) is 0 Å². The molecule has 0 heterocycles. The molecule has 3 aromatic carbocycles. The van der Waals surface area contributed by atoms with Crippen molar-refractivity contribution in [3.8, 4) is 17.6 Å². The first-order valence-electron chi connectivity index (χ1n) is 8.43. The van der Waals surface area contributed by atoms with Gasteiger partial charge in [0.15, 0.2) is 0 Å². The first-order valence-corrected chi connectivity index (χ1v) is 8.43. The molecule has 0 aliphatic carbocycles. The standard InChI is InChI=1S/C23H16FNO3/c1-27-19-12-8-17(9-13-19)23(26)28-20-10-6-16(7-11-20)14-18(15-25)21-4-2-3-5-22(21)24/h2-14H,1H3/b18-14-. The highest BCUT2D eigenvalue weighted by atomic mass is 19.1. The van der Waals surface area contributed by atoms with Crippen molar-refractivity contribution < 1.29 is 18.7 Å². The molecule has 0 aromatic heterocycles. The summed E-state index contributed by atoms with van der Waals surface area (Å²) in [6.07, 6.45) is 1.58. The van der Waals surface area contributed by atoms with Gasteiger partial charge in [-0.2, -0.15) is 5.26 Å². The van der Waals surface area contributed by atoms with Crippen LogP contribution in [0.15, 0.2) is 72.8 Å². The maximum atomic E-state index is 13.9. The summed E-state index contributed by atoms with van der Waals surface area (Å²) in [6, 6.07) is 21.3. The summed E-state index contributed by atoms with van der Waals surface area (Å²) in [7, 11) is 1.55. The van der Waals surface area contributed by atoms with E-state index in [0.29, 0.717) is 22.6 Å². The number of carbonyl (C=O) groups excluding carboxylic acids is 1. The molecule has 0 bridgehead atoms. The van der Waals surface area contributed by atoms with Crippen LogP contribution in [-0.4, -0.2) is 13.1 Å². The third-order valence-corrected chi connectivity index (χ3v) is 4.01. The maximum absolute atomic E-state index is 13.9. The number of halogens is 1. The SMILES string of the molecule is COc1ccc(C(=O)Oc2ccc(/C=C(/C#N)c3ccccc3F)cc2)cc1. The van der Waals surface area contributed by atoms with Crippen molar-refractivity contribution in [1.82, 2.24) is 0 Å². The molecule has 0 saturated carbocycles. The average Bonchev–Trinajstić information content (AvgIpc) is 2.74. The van der Waals surface area contributed by atoms with Gasteiger partial charge in [-0.1, -0.05) is 30.3 Å². The second-order valence-corrected chi connectivity index (χ2v) is 5.84. The van der Waals surface area contributed by atoms with Crippen molar-refractivity contribution in [3.05, 3.63) is 95.3 Å². The Labute approximate surface area is 162 Å². The van der Waals surface area contributed by atoms with Gasteiger partial charge >= 0.3 is 5.97 Å². The molecule has 0 aliphatic rings. The minimum atomic E-state index is -0.491. The fraction of sp³-hybridized carbons (Fsp3) is 0.0435. The third-order valence-electron chi connectivity index (χ3n) is 4.01. The maximum Gasteiger partial charge on any atom is 0.343 e. The number of nitrogens with zero attached hydrogens (tertiary/aromatic N) is 1. The number of esters is 1. The molecule has 0 amide bonds. The van der Waals surface area contributed by atoms with Crippen molar-refractivity contribution in [1.29, 1.82) is 5.26 Å². The number of rotatable bonds is 5. The number of benzene rings is 3. The Morgan fingerprint density at radius 2 is 1.61 bits per heavy atom. The van der Waals surface area contributed by atoms with Gasteiger partial charge in [-0.05, 0) is 54.1 Å². The van der Waals surface area contributed by atoms with Crippen LogP contribution >= 0.6 is 0 Å². The van der Waals surface area contributed by atoms with E-state index in [2.05, 4.69) is 0 Å². The highest BCUT2D eigenvalue weighted by molar-refractivity contribution is 5.91. The highest BCUT2D eigenvalue weighted by Gasteiger charge is 2.10. The molecule has 28 heavy (non-hydrogen) atoms. The molecule has 0 radical (unpaired) electrons. The summed E-state index contributed by atoms with van der Waals surface area (Å²) < 4.78 is 24.3. The van der Waals surface area contributed by atoms with Crippen LogP contribution < -0.4 is 9.47 Å². The Kier molecular flexibility index (Phi) is 5.83. The molecule has 138 valence electrons. The lowest BCUT2D eigenvalue weighted by molar-refractivity contribution is 0.0734. The van der Waals surface area contributed by atoms with Crippen LogP contribution in [0.1, 0.15) is 21.5 Å². The summed E-state index contributed by atoms with van der Waals surface area (Å²) in [4.78, 5) is 12.2. The lowest BCUT2D eigenvalue weighted by Crippen LogP contribution is -2.08. The van der Waals surface area contributed by atoms with E-state index in [1.807, 2.05) is 6.07 Å². The van der Waals surface area contributed by atoms with Crippen molar-refractivity contribution in [2.24, 2.45) is 0 Å². The molecule has 0 saturated heterocycles. The topological polar surface area (TPSA) is 59.3 Å². The fourth-order valence-electron chi connectivity index (χ4n) is 2.54. The normalized spacial score (nSPS) is 10.8. The van der Waals surface area contributed by atoms with Crippen LogP contribution in [0.5, 0.6) is 11.5 Å². The van der Waals surface area contributed by atoms with Crippen LogP contribution in [0.2, 0.25) is 0 Å². The van der Waals surface area contributed by atoms with E-state index in [9.17, 15) is 14.4 Å². The molecule has 0 N–H and O–H groups in total. The molecular formula is C23H16FNO3. The largest absolute Gasteiger partial charge is 0.497 e. The van der Waals surface area contributed by atoms with Crippen LogP contribution in [0, 0.1) is 17.1 Å². The molecular weight excluding hydrogens is 357 g/mol. The second-order valence-electron chi connectivity index (χ2n) is 5.84. The highest BCUT2D eigenvalue weighted by Crippen LogP contribution is 2.22. The van der Waals surface area contributed by atoms with Gasteiger partial charge in [0, 0.05) is 5.56 Å². The van der Waals surface area contributed by atoms with Crippen LogP contribution in [0.3, 0.4) is 0 Å². The van der Waals surface area contributed by atoms with Crippen molar-refractivity contribution >= 4 is 17.6 Å². The number of hydrogen-bond acceptors (Lipinski definition) is 4. The summed E-state index contributed by atoms with van der Waals surface area (Å²) >= 11 is 0. The Balaban J connectivity index is 1.75. The van der Waals surface area contributed by atoms with E-state index in [1.165, 1.54) is 6.07 Å². The number of nitriles is 1. The Bertz CT molecular complexity index is 1050. The lowest BCUT2D eigenvalue weighted by atomic mass is 10.0. The molecule has 0 spiro atoms. The number of hydrogen-bond donors (Lipinski definition) is 0. The summed E-state index contributed by atoms with van der Waals surface area (Å²) in [5.74, 6) is 0.0635. The van der Waals surface area contributed by atoms with Crippen molar-refractivity contribution in [2.45, 2.75) is 0 Å². The zero-order valence-electron chi connectivity index (χ0n) is 15.1. The first-order chi connectivity index (χ1) is 13.6. The van der Waals surface area contributed by atoms with E-state index in [-0.39, 0.29) is 11.1 Å². The second kappa shape index (κ2) is 8.65. The third kappa shape index (κ3) is 4.43. The first kappa shape index (κ1) is 18.9. The van der Waals surface area contributed by atoms with Gasteiger partial charge in [0.1, 0.15) is 17.3 Å². The van der Waals surface area contributed by atoms with Gasteiger partial charge in [0.25, 0.3) is 0 Å². The molecule has 3 aromatic rings. The average molecular weight is 373 g/mol. The van der Waals surface area contributed by atoms with Crippen LogP contribution in [-0.2, 0) is 0 Å². The summed E-state index contributed by atoms with van der Waals surface area (Å²) in [5, 5.41) is 9.34. The molecule has 5 heteroatoms. The predicted molar refractivity (Wildman–Crippen MR) is 104 cm³/mol.